The van der Waals surface area contributed by atoms with Crippen LogP contribution in [0.4, 0.5) is 0 Å². The molecule has 6 nitrogen and oxygen atoms in total. The second-order valence-corrected chi connectivity index (χ2v) is 3.51. The average Bonchev–Trinajstić information content (AvgIpc) is 2.65. The number of aryl methyl sites for hydroxylation is 1. The first kappa shape index (κ1) is 10.6. The number of nitrogens with zero attached hydrogens (tertiary/aromatic N) is 4. The van der Waals surface area contributed by atoms with Gasteiger partial charge in [0, 0.05) is 13.1 Å². The largest absolute Gasteiger partial charge is 0.422 e. The molecule has 0 aliphatic rings. The van der Waals surface area contributed by atoms with Crippen molar-refractivity contribution in [3.05, 3.63) is 30.4 Å². The highest BCUT2D eigenvalue weighted by Crippen LogP contribution is 2.17. The lowest BCUT2D eigenvalue weighted by atomic mass is 10.2. The highest BCUT2D eigenvalue weighted by atomic mass is 16.5. The molecule has 0 spiro atoms. The SMILES string of the molecule is C[C@@H](N)c1ccc(Oc2ncn(C)n2)cn1. The van der Waals surface area contributed by atoms with Crippen LogP contribution in [0.25, 0.3) is 0 Å². The van der Waals surface area contributed by atoms with E-state index in [1.165, 1.54) is 0 Å². The van der Waals surface area contributed by atoms with Gasteiger partial charge in [0.05, 0.1) is 11.9 Å². The predicted molar refractivity (Wildman–Crippen MR) is 57.9 cm³/mol. The van der Waals surface area contributed by atoms with Gasteiger partial charge in [-0.25, -0.2) is 0 Å². The van der Waals surface area contributed by atoms with E-state index in [9.17, 15) is 0 Å². The summed E-state index contributed by atoms with van der Waals surface area (Å²) in [5, 5.41) is 3.99. The minimum atomic E-state index is -0.0815. The second-order valence-electron chi connectivity index (χ2n) is 3.51. The van der Waals surface area contributed by atoms with E-state index in [-0.39, 0.29) is 6.04 Å². The zero-order chi connectivity index (χ0) is 11.5. The fourth-order valence-corrected chi connectivity index (χ4v) is 1.19. The summed E-state index contributed by atoms with van der Waals surface area (Å²) in [5.74, 6) is 0.593. The summed E-state index contributed by atoms with van der Waals surface area (Å²) in [7, 11) is 1.78. The molecular weight excluding hydrogens is 206 g/mol. The van der Waals surface area contributed by atoms with E-state index >= 15 is 0 Å². The standard InChI is InChI=1S/C10H13N5O/c1-7(11)9-4-3-8(5-12-9)16-10-13-6-15(2)14-10/h3-7H,11H2,1-2H3/t7-/m1/s1. The summed E-state index contributed by atoms with van der Waals surface area (Å²) in [5.41, 5.74) is 6.51. The van der Waals surface area contributed by atoms with Crippen LogP contribution in [-0.2, 0) is 7.05 Å². The average molecular weight is 219 g/mol. The zero-order valence-corrected chi connectivity index (χ0v) is 9.16. The van der Waals surface area contributed by atoms with Crippen LogP contribution < -0.4 is 10.5 Å². The van der Waals surface area contributed by atoms with Gasteiger partial charge in [0.15, 0.2) is 0 Å². The number of hydrogen-bond donors (Lipinski definition) is 1. The Morgan fingerprint density at radius 3 is 2.69 bits per heavy atom. The number of rotatable bonds is 3. The van der Waals surface area contributed by atoms with Gasteiger partial charge in [-0.3, -0.25) is 9.67 Å². The van der Waals surface area contributed by atoms with E-state index in [1.807, 2.05) is 13.0 Å². The van der Waals surface area contributed by atoms with Gasteiger partial charge in [-0.05, 0) is 19.1 Å². The van der Waals surface area contributed by atoms with E-state index in [1.54, 1.807) is 30.3 Å². The maximum absolute atomic E-state index is 5.69. The molecule has 0 aliphatic carbocycles. The summed E-state index contributed by atoms with van der Waals surface area (Å²) >= 11 is 0. The summed E-state index contributed by atoms with van der Waals surface area (Å²) < 4.78 is 6.96. The van der Waals surface area contributed by atoms with Crippen LogP contribution >= 0.6 is 0 Å². The van der Waals surface area contributed by atoms with Crippen LogP contribution in [0.3, 0.4) is 0 Å². The van der Waals surface area contributed by atoms with Crippen molar-refractivity contribution in [1.82, 2.24) is 19.7 Å². The third kappa shape index (κ3) is 2.34. The molecule has 0 aromatic carbocycles. The van der Waals surface area contributed by atoms with Crippen LogP contribution in [0, 0.1) is 0 Å². The minimum absolute atomic E-state index is 0.0815. The highest BCUT2D eigenvalue weighted by Gasteiger charge is 2.04. The van der Waals surface area contributed by atoms with Gasteiger partial charge in [-0.2, -0.15) is 4.98 Å². The summed E-state index contributed by atoms with van der Waals surface area (Å²) in [6, 6.07) is 3.84. The van der Waals surface area contributed by atoms with Gasteiger partial charge in [0.2, 0.25) is 0 Å². The second kappa shape index (κ2) is 4.28. The first-order chi connectivity index (χ1) is 7.65. The number of hydrogen-bond acceptors (Lipinski definition) is 5. The van der Waals surface area contributed by atoms with Crippen molar-refractivity contribution in [2.24, 2.45) is 12.8 Å². The molecule has 0 unspecified atom stereocenters. The Labute approximate surface area is 93.1 Å². The van der Waals surface area contributed by atoms with Gasteiger partial charge in [0.25, 0.3) is 0 Å². The van der Waals surface area contributed by atoms with Crippen LogP contribution in [0.1, 0.15) is 18.7 Å². The van der Waals surface area contributed by atoms with E-state index < -0.39 is 0 Å². The molecule has 2 aromatic heterocycles. The fraction of sp³-hybridized carbons (Fsp3) is 0.300. The monoisotopic (exact) mass is 219 g/mol. The third-order valence-corrected chi connectivity index (χ3v) is 2.01. The first-order valence-corrected chi connectivity index (χ1v) is 4.90. The van der Waals surface area contributed by atoms with Crippen molar-refractivity contribution in [2.45, 2.75) is 13.0 Å². The van der Waals surface area contributed by atoms with Gasteiger partial charge < -0.3 is 10.5 Å². The molecule has 84 valence electrons. The third-order valence-electron chi connectivity index (χ3n) is 2.01. The van der Waals surface area contributed by atoms with Crippen molar-refractivity contribution in [1.29, 1.82) is 0 Å². The lowest BCUT2D eigenvalue weighted by molar-refractivity contribution is 0.436. The molecule has 2 rings (SSSR count). The molecule has 0 amide bonds. The minimum Gasteiger partial charge on any atom is -0.422 e. The Kier molecular flexibility index (Phi) is 2.82. The summed E-state index contributed by atoms with van der Waals surface area (Å²) in [6.45, 7) is 1.88. The van der Waals surface area contributed by atoms with E-state index in [4.69, 9.17) is 10.5 Å². The van der Waals surface area contributed by atoms with Crippen molar-refractivity contribution in [3.8, 4) is 11.8 Å². The van der Waals surface area contributed by atoms with E-state index in [0.29, 0.717) is 11.8 Å². The van der Waals surface area contributed by atoms with Gasteiger partial charge in [-0.1, -0.05) is 0 Å². The topological polar surface area (TPSA) is 78.9 Å². The maximum atomic E-state index is 5.69. The molecule has 0 fully saturated rings. The van der Waals surface area contributed by atoms with Gasteiger partial charge in [-0.15, -0.1) is 5.10 Å². The number of aromatic nitrogens is 4. The van der Waals surface area contributed by atoms with E-state index in [0.717, 1.165) is 5.69 Å². The van der Waals surface area contributed by atoms with Crippen molar-refractivity contribution >= 4 is 0 Å². The van der Waals surface area contributed by atoms with Crippen molar-refractivity contribution < 1.29 is 4.74 Å². The lowest BCUT2D eigenvalue weighted by Crippen LogP contribution is -2.06. The van der Waals surface area contributed by atoms with Crippen molar-refractivity contribution in [2.75, 3.05) is 0 Å². The van der Waals surface area contributed by atoms with Crippen molar-refractivity contribution in [3.63, 3.8) is 0 Å². The zero-order valence-electron chi connectivity index (χ0n) is 9.16. The molecule has 0 aliphatic heterocycles. The molecule has 1 atom stereocenters. The molecular formula is C10H13N5O. The Morgan fingerprint density at radius 1 is 1.38 bits per heavy atom. The molecule has 16 heavy (non-hydrogen) atoms. The number of ether oxygens (including phenoxy) is 1. The Balaban J connectivity index is 2.11. The molecule has 0 saturated carbocycles. The van der Waals surface area contributed by atoms with Gasteiger partial charge in [0.1, 0.15) is 12.1 Å². The fourth-order valence-electron chi connectivity index (χ4n) is 1.19. The molecule has 2 heterocycles. The quantitative estimate of drug-likeness (QED) is 0.833. The van der Waals surface area contributed by atoms with E-state index in [2.05, 4.69) is 15.1 Å². The van der Waals surface area contributed by atoms with Crippen LogP contribution in [-0.4, -0.2) is 19.7 Å². The molecule has 2 aromatic rings. The van der Waals surface area contributed by atoms with Crippen LogP contribution in [0.5, 0.6) is 11.8 Å². The molecule has 0 saturated heterocycles. The lowest BCUT2D eigenvalue weighted by Gasteiger charge is -2.05. The summed E-state index contributed by atoms with van der Waals surface area (Å²) in [4.78, 5) is 8.11. The summed E-state index contributed by atoms with van der Waals surface area (Å²) in [6.07, 6.45) is 3.17. The smallest absolute Gasteiger partial charge is 0.341 e. The molecule has 2 N–H and O–H groups in total. The number of nitrogens with two attached hydrogens (primary N) is 1. The first-order valence-electron chi connectivity index (χ1n) is 4.90. The Hall–Kier alpha value is -1.95. The predicted octanol–water partition coefficient (Wildman–Crippen LogP) is 1.02. The van der Waals surface area contributed by atoms with Crippen LogP contribution in [0.15, 0.2) is 24.7 Å². The van der Waals surface area contributed by atoms with Gasteiger partial charge >= 0.3 is 6.01 Å². The molecule has 0 bridgehead atoms. The molecule has 6 heteroatoms. The normalized spacial score (nSPS) is 12.4. The Morgan fingerprint density at radius 2 is 2.19 bits per heavy atom. The molecule has 0 radical (unpaired) electrons. The maximum Gasteiger partial charge on any atom is 0.341 e. The highest BCUT2D eigenvalue weighted by molar-refractivity contribution is 5.23. The van der Waals surface area contributed by atoms with Crippen LogP contribution in [0.2, 0.25) is 0 Å². The Bertz CT molecular complexity index is 462. The number of pyridine rings is 1.